The average molecular weight is 220 g/mol. The van der Waals surface area contributed by atoms with Crippen LogP contribution < -0.4 is 10.1 Å². The fourth-order valence-corrected chi connectivity index (χ4v) is 2.15. The van der Waals surface area contributed by atoms with Crippen molar-refractivity contribution in [1.82, 2.24) is 10.3 Å². The van der Waals surface area contributed by atoms with E-state index in [4.69, 9.17) is 4.74 Å². The molecule has 1 fully saturated rings. The average Bonchev–Trinajstić information content (AvgIpc) is 2.81. The molecule has 16 heavy (non-hydrogen) atoms. The van der Waals surface area contributed by atoms with Gasteiger partial charge in [0.15, 0.2) is 0 Å². The topological polar surface area (TPSA) is 34.1 Å². The molecule has 2 rings (SSSR count). The molecule has 0 saturated heterocycles. The maximum Gasteiger partial charge on any atom is 0.138 e. The Kier molecular flexibility index (Phi) is 4.17. The molecule has 1 heterocycles. The van der Waals surface area contributed by atoms with Gasteiger partial charge >= 0.3 is 0 Å². The molecule has 3 nitrogen and oxygen atoms in total. The fraction of sp³-hybridized carbons (Fsp3) is 0.615. The molecule has 1 unspecified atom stereocenters. The van der Waals surface area contributed by atoms with Crippen LogP contribution in [0.1, 0.15) is 32.6 Å². The highest BCUT2D eigenvalue weighted by molar-refractivity contribution is 5.15. The van der Waals surface area contributed by atoms with E-state index in [1.807, 2.05) is 12.1 Å². The van der Waals surface area contributed by atoms with Gasteiger partial charge in [-0.15, -0.1) is 0 Å². The van der Waals surface area contributed by atoms with Crippen molar-refractivity contribution in [2.75, 3.05) is 6.54 Å². The highest BCUT2D eigenvalue weighted by atomic mass is 16.5. The Hall–Kier alpha value is -1.09. The summed E-state index contributed by atoms with van der Waals surface area (Å²) < 4.78 is 5.75. The molecule has 0 spiro atoms. The molecule has 1 aromatic heterocycles. The maximum atomic E-state index is 5.75. The van der Waals surface area contributed by atoms with Crippen LogP contribution in [-0.2, 0) is 0 Å². The number of ether oxygens (including phenoxy) is 1. The molecule has 1 N–H and O–H groups in total. The van der Waals surface area contributed by atoms with E-state index in [0.717, 1.165) is 12.3 Å². The minimum Gasteiger partial charge on any atom is -0.488 e. The maximum absolute atomic E-state index is 5.75. The molecule has 1 aliphatic carbocycles. The number of hydrogen-bond acceptors (Lipinski definition) is 3. The second kappa shape index (κ2) is 5.85. The molecule has 0 amide bonds. The van der Waals surface area contributed by atoms with Crippen molar-refractivity contribution in [3.63, 3.8) is 0 Å². The van der Waals surface area contributed by atoms with Crippen molar-refractivity contribution < 1.29 is 4.74 Å². The SMILES string of the molecule is CC(CNC1CCCC1)Oc1cccnc1. The quantitative estimate of drug-likeness (QED) is 0.827. The van der Waals surface area contributed by atoms with E-state index in [1.54, 1.807) is 12.4 Å². The van der Waals surface area contributed by atoms with E-state index in [1.165, 1.54) is 25.7 Å². The monoisotopic (exact) mass is 220 g/mol. The minimum atomic E-state index is 0.199. The molecular formula is C13H20N2O. The van der Waals surface area contributed by atoms with Crippen LogP contribution in [0.4, 0.5) is 0 Å². The predicted octanol–water partition coefficient (Wildman–Crippen LogP) is 2.38. The van der Waals surface area contributed by atoms with Crippen molar-refractivity contribution in [2.24, 2.45) is 0 Å². The number of aromatic nitrogens is 1. The first-order valence-electron chi connectivity index (χ1n) is 6.14. The summed E-state index contributed by atoms with van der Waals surface area (Å²) in [6.45, 7) is 3.01. The van der Waals surface area contributed by atoms with Crippen LogP contribution in [0.25, 0.3) is 0 Å². The summed E-state index contributed by atoms with van der Waals surface area (Å²) in [6, 6.07) is 4.55. The summed E-state index contributed by atoms with van der Waals surface area (Å²) >= 11 is 0. The smallest absolute Gasteiger partial charge is 0.138 e. The number of nitrogens with one attached hydrogen (secondary N) is 1. The molecule has 1 aromatic rings. The Bertz CT molecular complexity index is 296. The van der Waals surface area contributed by atoms with Crippen molar-refractivity contribution >= 4 is 0 Å². The highest BCUT2D eigenvalue weighted by Crippen LogP contribution is 2.17. The zero-order chi connectivity index (χ0) is 11.2. The largest absolute Gasteiger partial charge is 0.488 e. The van der Waals surface area contributed by atoms with Gasteiger partial charge in [-0.25, -0.2) is 0 Å². The lowest BCUT2D eigenvalue weighted by molar-refractivity contribution is 0.211. The third kappa shape index (κ3) is 3.49. The van der Waals surface area contributed by atoms with Crippen molar-refractivity contribution in [3.8, 4) is 5.75 Å². The van der Waals surface area contributed by atoms with Gasteiger partial charge in [0, 0.05) is 18.8 Å². The lowest BCUT2D eigenvalue weighted by Crippen LogP contribution is -2.35. The van der Waals surface area contributed by atoms with Gasteiger partial charge in [-0.1, -0.05) is 12.8 Å². The third-order valence-electron chi connectivity index (χ3n) is 3.02. The van der Waals surface area contributed by atoms with Crippen LogP contribution >= 0.6 is 0 Å². The van der Waals surface area contributed by atoms with Gasteiger partial charge in [0.2, 0.25) is 0 Å². The van der Waals surface area contributed by atoms with Crippen LogP contribution in [0.15, 0.2) is 24.5 Å². The van der Waals surface area contributed by atoms with Crippen LogP contribution in [0.5, 0.6) is 5.75 Å². The van der Waals surface area contributed by atoms with Gasteiger partial charge in [0.1, 0.15) is 11.9 Å². The zero-order valence-corrected chi connectivity index (χ0v) is 9.86. The fourth-order valence-electron chi connectivity index (χ4n) is 2.15. The van der Waals surface area contributed by atoms with E-state index < -0.39 is 0 Å². The molecule has 0 bridgehead atoms. The standard InChI is InChI=1S/C13H20N2O/c1-11(9-15-12-5-2-3-6-12)16-13-7-4-8-14-10-13/h4,7-8,10-12,15H,2-3,5-6,9H2,1H3. The van der Waals surface area contributed by atoms with Crippen molar-refractivity contribution in [1.29, 1.82) is 0 Å². The van der Waals surface area contributed by atoms with E-state index >= 15 is 0 Å². The first-order valence-corrected chi connectivity index (χ1v) is 6.14. The van der Waals surface area contributed by atoms with Gasteiger partial charge in [-0.05, 0) is 31.9 Å². The van der Waals surface area contributed by atoms with Gasteiger partial charge in [0.05, 0.1) is 6.20 Å². The molecule has 1 saturated carbocycles. The summed E-state index contributed by atoms with van der Waals surface area (Å²) in [5, 5.41) is 3.56. The van der Waals surface area contributed by atoms with Crippen molar-refractivity contribution in [2.45, 2.75) is 44.8 Å². The summed E-state index contributed by atoms with van der Waals surface area (Å²) in [4.78, 5) is 4.03. The number of hydrogen-bond donors (Lipinski definition) is 1. The van der Waals surface area contributed by atoms with E-state index in [-0.39, 0.29) is 6.10 Å². The summed E-state index contributed by atoms with van der Waals surface area (Å²) in [6.07, 6.45) is 9.09. The molecule has 1 aliphatic rings. The van der Waals surface area contributed by atoms with Gasteiger partial charge < -0.3 is 10.1 Å². The summed E-state index contributed by atoms with van der Waals surface area (Å²) in [7, 11) is 0. The van der Waals surface area contributed by atoms with E-state index in [9.17, 15) is 0 Å². The van der Waals surface area contributed by atoms with Crippen LogP contribution in [0.2, 0.25) is 0 Å². The van der Waals surface area contributed by atoms with Gasteiger partial charge in [-0.2, -0.15) is 0 Å². The first kappa shape index (κ1) is 11.4. The second-order valence-electron chi connectivity index (χ2n) is 4.51. The lowest BCUT2D eigenvalue weighted by atomic mass is 10.2. The Morgan fingerprint density at radius 2 is 2.31 bits per heavy atom. The molecule has 1 atom stereocenters. The molecule has 88 valence electrons. The van der Waals surface area contributed by atoms with E-state index in [2.05, 4.69) is 17.2 Å². The van der Waals surface area contributed by atoms with Crippen LogP contribution in [0, 0.1) is 0 Å². The number of nitrogens with zero attached hydrogens (tertiary/aromatic N) is 1. The first-order chi connectivity index (χ1) is 7.84. The molecule has 3 heteroatoms. The third-order valence-corrected chi connectivity index (χ3v) is 3.02. The Morgan fingerprint density at radius 1 is 1.50 bits per heavy atom. The molecule has 0 aliphatic heterocycles. The van der Waals surface area contributed by atoms with Crippen molar-refractivity contribution in [3.05, 3.63) is 24.5 Å². The molecule has 0 aromatic carbocycles. The summed E-state index contributed by atoms with van der Waals surface area (Å²) in [5.41, 5.74) is 0. The van der Waals surface area contributed by atoms with Gasteiger partial charge in [0.25, 0.3) is 0 Å². The van der Waals surface area contributed by atoms with Crippen LogP contribution in [-0.4, -0.2) is 23.7 Å². The normalized spacial score (nSPS) is 18.6. The molecular weight excluding hydrogens is 200 g/mol. The predicted molar refractivity (Wildman–Crippen MR) is 64.6 cm³/mol. The minimum absolute atomic E-state index is 0.199. The number of pyridine rings is 1. The van der Waals surface area contributed by atoms with Crippen LogP contribution in [0.3, 0.4) is 0 Å². The Morgan fingerprint density at radius 3 is 3.00 bits per heavy atom. The lowest BCUT2D eigenvalue weighted by Gasteiger charge is -2.18. The summed E-state index contributed by atoms with van der Waals surface area (Å²) in [5.74, 6) is 0.850. The Labute approximate surface area is 97.2 Å². The van der Waals surface area contributed by atoms with Gasteiger partial charge in [-0.3, -0.25) is 4.98 Å². The van der Waals surface area contributed by atoms with E-state index in [0.29, 0.717) is 6.04 Å². The second-order valence-corrected chi connectivity index (χ2v) is 4.51. The highest BCUT2D eigenvalue weighted by Gasteiger charge is 2.15. The number of rotatable bonds is 5. The molecule has 0 radical (unpaired) electrons. The zero-order valence-electron chi connectivity index (χ0n) is 9.86. The Balaban J connectivity index is 1.69.